The zero-order valence-corrected chi connectivity index (χ0v) is 14.1. The summed E-state index contributed by atoms with van der Waals surface area (Å²) >= 11 is 0. The van der Waals surface area contributed by atoms with Crippen LogP contribution in [0, 0.1) is 22.7 Å². The highest BCUT2D eigenvalue weighted by molar-refractivity contribution is 5.17. The summed E-state index contributed by atoms with van der Waals surface area (Å²) in [6, 6.07) is 2.07. The van der Waals surface area contributed by atoms with Gasteiger partial charge in [-0.2, -0.15) is 0 Å². The number of aliphatic hydroxyl groups excluding tert-OH is 1. The second kappa shape index (κ2) is 5.88. The van der Waals surface area contributed by atoms with Crippen LogP contribution in [0.4, 0.5) is 0 Å². The molecular formula is C20H30O2. The molecule has 0 amide bonds. The second-order valence-electron chi connectivity index (χ2n) is 8.14. The summed E-state index contributed by atoms with van der Waals surface area (Å²) in [5.41, 5.74) is 3.12. The lowest BCUT2D eigenvalue weighted by atomic mass is 9.47. The molecule has 0 aliphatic heterocycles. The highest BCUT2D eigenvalue weighted by Crippen LogP contribution is 2.61. The Kier molecular flexibility index (Phi) is 4.24. The van der Waals surface area contributed by atoms with Gasteiger partial charge in [-0.1, -0.05) is 32.4 Å². The largest absolute Gasteiger partial charge is 0.472 e. The van der Waals surface area contributed by atoms with E-state index in [2.05, 4.69) is 26.5 Å². The molecule has 0 bridgehead atoms. The van der Waals surface area contributed by atoms with Crippen molar-refractivity contribution in [3.05, 3.63) is 36.3 Å². The van der Waals surface area contributed by atoms with Crippen molar-refractivity contribution in [1.29, 1.82) is 0 Å². The Balaban J connectivity index is 1.82. The molecule has 22 heavy (non-hydrogen) atoms. The first kappa shape index (κ1) is 15.9. The smallest absolute Gasteiger partial charge is 0.0934 e. The maximum Gasteiger partial charge on any atom is 0.0934 e. The van der Waals surface area contributed by atoms with Crippen molar-refractivity contribution in [3.63, 3.8) is 0 Å². The number of aliphatic hydroxyl groups is 1. The first-order chi connectivity index (χ1) is 10.5. The maximum absolute atomic E-state index is 10.0. The molecule has 0 unspecified atom stereocenters. The second-order valence-corrected chi connectivity index (χ2v) is 8.14. The number of allylic oxidation sites excluding steroid dienone is 1. The van der Waals surface area contributed by atoms with Gasteiger partial charge in [0.2, 0.25) is 0 Å². The number of hydrogen-bond donors (Lipinski definition) is 1. The van der Waals surface area contributed by atoms with Crippen molar-refractivity contribution in [2.75, 3.05) is 6.61 Å². The van der Waals surface area contributed by atoms with Gasteiger partial charge in [0.05, 0.1) is 12.5 Å². The summed E-state index contributed by atoms with van der Waals surface area (Å²) in [7, 11) is 0. The molecule has 122 valence electrons. The van der Waals surface area contributed by atoms with Crippen molar-refractivity contribution in [1.82, 2.24) is 0 Å². The first-order valence-electron chi connectivity index (χ1n) is 8.79. The average molecular weight is 302 g/mol. The third-order valence-corrected chi connectivity index (χ3v) is 6.81. The Labute approximate surface area is 134 Å². The van der Waals surface area contributed by atoms with E-state index in [0.29, 0.717) is 23.9 Å². The van der Waals surface area contributed by atoms with E-state index in [1.165, 1.54) is 36.8 Å². The summed E-state index contributed by atoms with van der Waals surface area (Å²) in [4.78, 5) is 0. The van der Waals surface area contributed by atoms with E-state index in [0.717, 1.165) is 19.3 Å². The van der Waals surface area contributed by atoms with Gasteiger partial charge in [-0.05, 0) is 72.8 Å². The van der Waals surface area contributed by atoms with Crippen LogP contribution in [0.1, 0.15) is 57.9 Å². The average Bonchev–Trinajstić information content (AvgIpc) is 2.99. The minimum atomic E-state index is 0.0988. The minimum absolute atomic E-state index is 0.0988. The Hall–Kier alpha value is -1.02. The molecule has 0 spiro atoms. The highest BCUT2D eigenvalue weighted by Gasteiger charge is 2.53. The van der Waals surface area contributed by atoms with Gasteiger partial charge in [-0.25, -0.2) is 0 Å². The van der Waals surface area contributed by atoms with E-state index in [1.54, 1.807) is 6.26 Å². The van der Waals surface area contributed by atoms with Crippen LogP contribution in [-0.4, -0.2) is 11.7 Å². The van der Waals surface area contributed by atoms with Crippen molar-refractivity contribution in [2.45, 2.75) is 58.8 Å². The fraction of sp³-hybridized carbons (Fsp3) is 0.700. The highest BCUT2D eigenvalue weighted by atomic mass is 16.3. The van der Waals surface area contributed by atoms with E-state index in [9.17, 15) is 5.11 Å². The van der Waals surface area contributed by atoms with Gasteiger partial charge >= 0.3 is 0 Å². The van der Waals surface area contributed by atoms with Crippen LogP contribution >= 0.6 is 0 Å². The molecule has 2 fully saturated rings. The predicted molar refractivity (Wildman–Crippen MR) is 89.5 cm³/mol. The van der Waals surface area contributed by atoms with Gasteiger partial charge in [0, 0.05) is 6.61 Å². The number of fused-ring (bicyclic) bond motifs is 1. The molecule has 2 aliphatic carbocycles. The molecule has 2 heteroatoms. The van der Waals surface area contributed by atoms with E-state index in [-0.39, 0.29) is 5.41 Å². The number of furan rings is 1. The van der Waals surface area contributed by atoms with E-state index >= 15 is 0 Å². The third-order valence-electron chi connectivity index (χ3n) is 6.81. The summed E-state index contributed by atoms with van der Waals surface area (Å²) in [5.74, 6) is 1.20. The van der Waals surface area contributed by atoms with Gasteiger partial charge in [0.15, 0.2) is 0 Å². The molecule has 0 radical (unpaired) electrons. The quantitative estimate of drug-likeness (QED) is 0.795. The number of hydrogen-bond acceptors (Lipinski definition) is 2. The molecular weight excluding hydrogens is 272 g/mol. The van der Waals surface area contributed by atoms with Crippen LogP contribution in [0.2, 0.25) is 0 Å². The summed E-state index contributed by atoms with van der Waals surface area (Å²) in [5, 5.41) is 10.0. The molecule has 1 heterocycles. The van der Waals surface area contributed by atoms with Gasteiger partial charge in [-0.3, -0.25) is 0 Å². The molecule has 1 aromatic heterocycles. The predicted octanol–water partition coefficient (Wildman–Crippen LogP) is 4.98. The van der Waals surface area contributed by atoms with Crippen LogP contribution in [0.15, 0.2) is 35.2 Å². The molecule has 0 saturated heterocycles. The monoisotopic (exact) mass is 302 g/mol. The maximum atomic E-state index is 10.0. The van der Waals surface area contributed by atoms with Gasteiger partial charge < -0.3 is 9.52 Å². The Morgan fingerprint density at radius 3 is 2.86 bits per heavy atom. The lowest BCUT2D eigenvalue weighted by Gasteiger charge is -2.58. The number of aryl methyl sites for hydroxylation is 1. The van der Waals surface area contributed by atoms with Crippen molar-refractivity contribution >= 4 is 0 Å². The minimum Gasteiger partial charge on any atom is -0.472 e. The Bertz CT molecular complexity index is 518. The van der Waals surface area contributed by atoms with Crippen LogP contribution in [0.3, 0.4) is 0 Å². The summed E-state index contributed by atoms with van der Waals surface area (Å²) in [6.07, 6.45) is 11.9. The molecule has 2 nitrogen and oxygen atoms in total. The summed E-state index contributed by atoms with van der Waals surface area (Å²) < 4.78 is 5.21. The lowest BCUT2D eigenvalue weighted by Crippen LogP contribution is -2.51. The third kappa shape index (κ3) is 2.56. The zero-order chi connectivity index (χ0) is 15.8. The molecule has 2 aliphatic rings. The van der Waals surface area contributed by atoms with Crippen LogP contribution < -0.4 is 0 Å². The van der Waals surface area contributed by atoms with Crippen molar-refractivity contribution < 1.29 is 9.52 Å². The fourth-order valence-corrected chi connectivity index (χ4v) is 5.55. The molecule has 3 rings (SSSR count). The van der Waals surface area contributed by atoms with E-state index < -0.39 is 0 Å². The molecule has 0 aromatic carbocycles. The van der Waals surface area contributed by atoms with Crippen molar-refractivity contribution in [2.24, 2.45) is 22.7 Å². The zero-order valence-electron chi connectivity index (χ0n) is 14.1. The normalized spacial score (nSPS) is 38.8. The number of rotatable bonds is 4. The van der Waals surface area contributed by atoms with Crippen LogP contribution in [0.25, 0.3) is 0 Å². The summed E-state index contributed by atoms with van der Waals surface area (Å²) in [6.45, 7) is 9.52. The SMILES string of the molecule is C=C1CC[C@@H]2[C@](C)(CO)CCC[C@@]2(C)[C@@H]1CCc1ccoc1. The standard InChI is InChI=1S/C20H30O2/c1-15-5-8-18-19(2,14-21)10-4-11-20(18,3)17(15)7-6-16-9-12-22-13-16/h9,12-13,17-18,21H,1,4-8,10-11,14H2,2-3H3/t17-,18-,19+,20+/m1/s1. The first-order valence-corrected chi connectivity index (χ1v) is 8.79. The Morgan fingerprint density at radius 1 is 1.36 bits per heavy atom. The van der Waals surface area contributed by atoms with Crippen molar-refractivity contribution in [3.8, 4) is 0 Å². The molecule has 2 saturated carbocycles. The topological polar surface area (TPSA) is 33.4 Å². The van der Waals surface area contributed by atoms with Gasteiger partial charge in [0.25, 0.3) is 0 Å². The lowest BCUT2D eigenvalue weighted by molar-refractivity contribution is -0.0858. The van der Waals surface area contributed by atoms with Gasteiger partial charge in [-0.15, -0.1) is 0 Å². The van der Waals surface area contributed by atoms with Gasteiger partial charge in [0.1, 0.15) is 0 Å². The van der Waals surface area contributed by atoms with Crippen LogP contribution in [-0.2, 0) is 6.42 Å². The molecule has 1 aromatic rings. The molecule has 1 N–H and O–H groups in total. The Morgan fingerprint density at radius 2 is 2.18 bits per heavy atom. The van der Waals surface area contributed by atoms with E-state index in [1.807, 2.05) is 6.26 Å². The fourth-order valence-electron chi connectivity index (χ4n) is 5.55. The molecule has 4 atom stereocenters. The van der Waals surface area contributed by atoms with E-state index in [4.69, 9.17) is 4.42 Å². The van der Waals surface area contributed by atoms with Crippen LogP contribution in [0.5, 0.6) is 0 Å².